The van der Waals surface area contributed by atoms with Crippen molar-refractivity contribution in [1.29, 1.82) is 0 Å². The van der Waals surface area contributed by atoms with E-state index >= 15 is 0 Å². The van der Waals surface area contributed by atoms with Crippen LogP contribution in [0.4, 0.5) is 0 Å². The molecule has 1 aliphatic rings. The number of aliphatic carboxylic acids is 1. The fourth-order valence-electron chi connectivity index (χ4n) is 1.75. The Balaban J connectivity index is 2.22. The quantitative estimate of drug-likeness (QED) is 0.704. The van der Waals surface area contributed by atoms with Crippen LogP contribution in [-0.4, -0.2) is 23.7 Å². The summed E-state index contributed by atoms with van der Waals surface area (Å²) in [5, 5.41) is 9.63. The fraction of sp³-hybridized carbons (Fsp3) is 0.300. The van der Waals surface area contributed by atoms with Crippen molar-refractivity contribution in [3.8, 4) is 0 Å². The molecule has 1 aromatic carbocycles. The standard InChI is InChI=1S/C10H11ClN2O2/c11-7-3-1-6(2-4-7)8-5-12-13-9(8)10(14)15/h1-4,8-9,12-13H,5H2,(H,14,15). The Kier molecular flexibility index (Phi) is 2.90. The highest BCUT2D eigenvalue weighted by atomic mass is 35.5. The third-order valence-corrected chi connectivity index (χ3v) is 2.80. The third kappa shape index (κ3) is 2.12. The average Bonchev–Trinajstić information content (AvgIpc) is 2.67. The van der Waals surface area contributed by atoms with Gasteiger partial charge in [-0.2, -0.15) is 0 Å². The molecule has 0 radical (unpaired) electrons. The van der Waals surface area contributed by atoms with Crippen molar-refractivity contribution in [3.05, 3.63) is 34.9 Å². The summed E-state index contributed by atoms with van der Waals surface area (Å²) in [5.74, 6) is -0.903. The van der Waals surface area contributed by atoms with Gasteiger partial charge in [0.2, 0.25) is 0 Å². The van der Waals surface area contributed by atoms with Crippen LogP contribution in [0.3, 0.4) is 0 Å². The van der Waals surface area contributed by atoms with Crippen LogP contribution in [0.15, 0.2) is 24.3 Å². The van der Waals surface area contributed by atoms with Gasteiger partial charge in [0.1, 0.15) is 6.04 Å². The number of hydrogen-bond donors (Lipinski definition) is 3. The van der Waals surface area contributed by atoms with Crippen LogP contribution < -0.4 is 10.9 Å². The predicted molar refractivity (Wildman–Crippen MR) is 56.8 cm³/mol. The Bertz CT molecular complexity index is 366. The molecular formula is C10H11ClN2O2. The van der Waals surface area contributed by atoms with Crippen LogP contribution in [0.25, 0.3) is 0 Å². The van der Waals surface area contributed by atoms with Crippen molar-refractivity contribution in [1.82, 2.24) is 10.9 Å². The van der Waals surface area contributed by atoms with E-state index in [1.54, 1.807) is 12.1 Å². The molecule has 3 N–H and O–H groups in total. The second-order valence-corrected chi connectivity index (χ2v) is 3.94. The molecule has 80 valence electrons. The Hall–Kier alpha value is -1.10. The largest absolute Gasteiger partial charge is 0.480 e. The van der Waals surface area contributed by atoms with Crippen LogP contribution in [-0.2, 0) is 4.79 Å². The maximum atomic E-state index is 10.9. The molecule has 1 fully saturated rings. The highest BCUT2D eigenvalue weighted by molar-refractivity contribution is 6.30. The van der Waals surface area contributed by atoms with Gasteiger partial charge in [0.25, 0.3) is 0 Å². The van der Waals surface area contributed by atoms with Gasteiger partial charge >= 0.3 is 5.97 Å². The van der Waals surface area contributed by atoms with Crippen molar-refractivity contribution < 1.29 is 9.90 Å². The number of carbonyl (C=O) groups is 1. The summed E-state index contributed by atoms with van der Waals surface area (Å²) >= 11 is 5.77. The van der Waals surface area contributed by atoms with Crippen molar-refractivity contribution in [2.24, 2.45) is 0 Å². The van der Waals surface area contributed by atoms with Gasteiger partial charge in [0.05, 0.1) is 0 Å². The molecule has 4 nitrogen and oxygen atoms in total. The van der Waals surface area contributed by atoms with E-state index < -0.39 is 12.0 Å². The van der Waals surface area contributed by atoms with Crippen LogP contribution in [0.2, 0.25) is 5.02 Å². The second kappa shape index (κ2) is 4.18. The molecule has 1 aromatic rings. The van der Waals surface area contributed by atoms with E-state index in [1.807, 2.05) is 12.1 Å². The van der Waals surface area contributed by atoms with Crippen LogP contribution in [0, 0.1) is 0 Å². The molecule has 0 bridgehead atoms. The first-order chi connectivity index (χ1) is 7.18. The first-order valence-electron chi connectivity index (χ1n) is 4.65. The number of benzene rings is 1. The lowest BCUT2D eigenvalue weighted by Gasteiger charge is -2.14. The van der Waals surface area contributed by atoms with Gasteiger partial charge < -0.3 is 5.11 Å². The highest BCUT2D eigenvalue weighted by Crippen LogP contribution is 2.23. The summed E-state index contributed by atoms with van der Waals surface area (Å²) in [7, 11) is 0. The lowest BCUT2D eigenvalue weighted by atomic mass is 9.93. The van der Waals surface area contributed by atoms with Crippen molar-refractivity contribution in [2.45, 2.75) is 12.0 Å². The number of nitrogens with one attached hydrogen (secondary N) is 2. The van der Waals surface area contributed by atoms with Gasteiger partial charge in [-0.25, -0.2) is 5.43 Å². The summed E-state index contributed by atoms with van der Waals surface area (Å²) in [6.07, 6.45) is 0. The molecular weight excluding hydrogens is 216 g/mol. The lowest BCUT2D eigenvalue weighted by molar-refractivity contribution is -0.139. The average molecular weight is 227 g/mol. The molecule has 1 aliphatic heterocycles. The first kappa shape index (κ1) is 10.4. The van der Waals surface area contributed by atoms with E-state index in [0.717, 1.165) is 5.56 Å². The van der Waals surface area contributed by atoms with E-state index in [4.69, 9.17) is 16.7 Å². The molecule has 2 atom stereocenters. The molecule has 0 spiro atoms. The number of hydrazine groups is 1. The molecule has 0 saturated carbocycles. The number of halogens is 1. The Morgan fingerprint density at radius 2 is 2.07 bits per heavy atom. The van der Waals surface area contributed by atoms with Crippen LogP contribution in [0.5, 0.6) is 0 Å². The van der Waals surface area contributed by atoms with Gasteiger partial charge in [-0.15, -0.1) is 0 Å². The predicted octanol–water partition coefficient (Wildman–Crippen LogP) is 0.985. The van der Waals surface area contributed by atoms with Crippen molar-refractivity contribution >= 4 is 17.6 Å². The van der Waals surface area contributed by atoms with E-state index in [2.05, 4.69) is 10.9 Å². The summed E-state index contributed by atoms with van der Waals surface area (Å²) in [6, 6.07) is 6.68. The summed E-state index contributed by atoms with van der Waals surface area (Å²) in [4.78, 5) is 10.9. The monoisotopic (exact) mass is 226 g/mol. The number of hydrogen-bond acceptors (Lipinski definition) is 3. The minimum absolute atomic E-state index is 0.0558. The maximum absolute atomic E-state index is 10.9. The SMILES string of the molecule is O=C(O)C1NNCC1c1ccc(Cl)cc1. The molecule has 15 heavy (non-hydrogen) atoms. The van der Waals surface area contributed by atoms with Gasteiger partial charge in [0, 0.05) is 17.5 Å². The van der Waals surface area contributed by atoms with E-state index in [9.17, 15) is 4.79 Å². The molecule has 5 heteroatoms. The molecule has 0 aliphatic carbocycles. The minimum atomic E-state index is -0.847. The number of carboxylic acids is 1. The second-order valence-electron chi connectivity index (χ2n) is 3.50. The zero-order valence-corrected chi connectivity index (χ0v) is 8.66. The van der Waals surface area contributed by atoms with Crippen LogP contribution in [0.1, 0.15) is 11.5 Å². The third-order valence-electron chi connectivity index (χ3n) is 2.55. The van der Waals surface area contributed by atoms with Gasteiger partial charge in [-0.05, 0) is 17.7 Å². The summed E-state index contributed by atoms with van der Waals surface area (Å²) < 4.78 is 0. The molecule has 2 unspecified atom stereocenters. The molecule has 0 amide bonds. The molecule has 2 rings (SSSR count). The van der Waals surface area contributed by atoms with E-state index in [0.29, 0.717) is 11.6 Å². The smallest absolute Gasteiger partial charge is 0.322 e. The lowest BCUT2D eigenvalue weighted by Crippen LogP contribution is -2.37. The fourth-order valence-corrected chi connectivity index (χ4v) is 1.88. The van der Waals surface area contributed by atoms with Crippen LogP contribution >= 0.6 is 11.6 Å². The molecule has 0 aromatic heterocycles. The Labute approximate surface area is 92.2 Å². The summed E-state index contributed by atoms with van der Waals surface area (Å²) in [6.45, 7) is 0.610. The van der Waals surface area contributed by atoms with Gasteiger partial charge in [-0.3, -0.25) is 10.2 Å². The zero-order valence-electron chi connectivity index (χ0n) is 7.90. The normalized spacial score (nSPS) is 25.4. The minimum Gasteiger partial charge on any atom is -0.480 e. The molecule has 1 heterocycles. The topological polar surface area (TPSA) is 61.4 Å². The Morgan fingerprint density at radius 1 is 1.40 bits per heavy atom. The van der Waals surface area contributed by atoms with Gasteiger partial charge in [-0.1, -0.05) is 23.7 Å². The maximum Gasteiger partial charge on any atom is 0.322 e. The number of carboxylic acid groups (broad SMARTS) is 1. The number of rotatable bonds is 2. The van der Waals surface area contributed by atoms with Gasteiger partial charge in [0.15, 0.2) is 0 Å². The zero-order chi connectivity index (χ0) is 10.8. The van der Waals surface area contributed by atoms with Crippen molar-refractivity contribution in [2.75, 3.05) is 6.54 Å². The highest BCUT2D eigenvalue weighted by Gasteiger charge is 2.33. The van der Waals surface area contributed by atoms with E-state index in [-0.39, 0.29) is 5.92 Å². The van der Waals surface area contributed by atoms with E-state index in [1.165, 1.54) is 0 Å². The molecule has 1 saturated heterocycles. The summed E-state index contributed by atoms with van der Waals surface area (Å²) in [5.41, 5.74) is 6.57. The van der Waals surface area contributed by atoms with Crippen molar-refractivity contribution in [3.63, 3.8) is 0 Å². The Morgan fingerprint density at radius 3 is 2.67 bits per heavy atom. The first-order valence-corrected chi connectivity index (χ1v) is 5.03.